The van der Waals surface area contributed by atoms with Crippen molar-refractivity contribution in [3.8, 4) is 11.8 Å². The number of hydrogen-bond acceptors (Lipinski definition) is 4. The van der Waals surface area contributed by atoms with Crippen LogP contribution in [0.1, 0.15) is 22.3 Å². The average molecular weight is 518 g/mol. The van der Waals surface area contributed by atoms with Crippen molar-refractivity contribution in [1.82, 2.24) is 0 Å². The summed E-state index contributed by atoms with van der Waals surface area (Å²) in [7, 11) is 0. The lowest BCUT2D eigenvalue weighted by molar-refractivity contribution is -0.118. The van der Waals surface area contributed by atoms with E-state index >= 15 is 0 Å². The average Bonchev–Trinajstić information content (AvgIpc) is 2.80. The Labute approximate surface area is 207 Å². The highest BCUT2D eigenvalue weighted by Crippen LogP contribution is 2.26. The first-order valence-electron chi connectivity index (χ1n) is 10.5. The molecule has 0 aliphatic rings. The molecule has 0 atom stereocenters. The van der Waals surface area contributed by atoms with Crippen LogP contribution in [-0.2, 0) is 9.59 Å². The van der Waals surface area contributed by atoms with Crippen LogP contribution >= 0.6 is 15.9 Å². The van der Waals surface area contributed by atoms with Gasteiger partial charge in [0.1, 0.15) is 17.4 Å². The Kier molecular flexibility index (Phi) is 8.23. The standard InChI is InChI=1S/C27H24BrN3O3/c1-17-8-9-19(3)24(12-17)30-26(32)16-34-25-11-10-22(28)14-20(25)13-21(15-29)27(33)31-23-7-5-4-6-18(23)2/h4-14H,16H2,1-3H3,(H,30,32)(H,31,33)/b21-13-. The Morgan fingerprint density at radius 1 is 0.971 bits per heavy atom. The van der Waals surface area contributed by atoms with E-state index in [0.29, 0.717) is 17.0 Å². The van der Waals surface area contributed by atoms with E-state index in [1.165, 1.54) is 6.08 Å². The van der Waals surface area contributed by atoms with Crippen LogP contribution in [0, 0.1) is 32.1 Å². The second-order valence-corrected chi connectivity index (χ2v) is 8.69. The fraction of sp³-hybridized carbons (Fsp3) is 0.148. The molecule has 0 aliphatic carbocycles. The summed E-state index contributed by atoms with van der Waals surface area (Å²) >= 11 is 3.40. The molecule has 6 nitrogen and oxygen atoms in total. The van der Waals surface area contributed by atoms with Gasteiger partial charge in [-0.05, 0) is 73.9 Å². The van der Waals surface area contributed by atoms with Crippen molar-refractivity contribution in [1.29, 1.82) is 5.26 Å². The van der Waals surface area contributed by atoms with Crippen molar-refractivity contribution in [2.45, 2.75) is 20.8 Å². The number of para-hydroxylation sites is 1. The van der Waals surface area contributed by atoms with E-state index < -0.39 is 5.91 Å². The minimum atomic E-state index is -0.532. The minimum absolute atomic E-state index is 0.0916. The number of carbonyl (C=O) groups excluding carboxylic acids is 2. The van der Waals surface area contributed by atoms with Gasteiger partial charge in [0.2, 0.25) is 0 Å². The van der Waals surface area contributed by atoms with Gasteiger partial charge in [0, 0.05) is 21.4 Å². The van der Waals surface area contributed by atoms with E-state index in [4.69, 9.17) is 4.74 Å². The van der Waals surface area contributed by atoms with Crippen molar-refractivity contribution in [3.63, 3.8) is 0 Å². The fourth-order valence-electron chi connectivity index (χ4n) is 3.17. The van der Waals surface area contributed by atoms with Crippen LogP contribution in [0.4, 0.5) is 11.4 Å². The molecule has 0 aliphatic heterocycles. The van der Waals surface area contributed by atoms with Gasteiger partial charge in [-0.2, -0.15) is 5.26 Å². The highest BCUT2D eigenvalue weighted by atomic mass is 79.9. The third-order valence-electron chi connectivity index (χ3n) is 5.06. The lowest BCUT2D eigenvalue weighted by Gasteiger charge is -2.12. The summed E-state index contributed by atoms with van der Waals surface area (Å²) in [5.41, 5.74) is 4.62. The maximum Gasteiger partial charge on any atom is 0.266 e. The van der Waals surface area contributed by atoms with Gasteiger partial charge in [-0.25, -0.2) is 0 Å². The summed E-state index contributed by atoms with van der Waals surface area (Å²) in [6.45, 7) is 5.51. The predicted octanol–water partition coefficient (Wildman–Crippen LogP) is 5.94. The number of halogens is 1. The molecule has 3 aromatic rings. The fourth-order valence-corrected chi connectivity index (χ4v) is 3.55. The molecule has 0 fully saturated rings. The third-order valence-corrected chi connectivity index (χ3v) is 5.55. The lowest BCUT2D eigenvalue weighted by Crippen LogP contribution is -2.21. The van der Waals surface area contributed by atoms with Gasteiger partial charge in [-0.1, -0.05) is 46.3 Å². The van der Waals surface area contributed by atoms with Crippen LogP contribution < -0.4 is 15.4 Å². The third kappa shape index (κ3) is 6.56. The molecule has 172 valence electrons. The summed E-state index contributed by atoms with van der Waals surface area (Å²) < 4.78 is 6.48. The van der Waals surface area contributed by atoms with E-state index in [2.05, 4.69) is 26.6 Å². The SMILES string of the molecule is Cc1ccc(C)c(NC(=O)COc2ccc(Br)cc2/C=C(/C#N)C(=O)Nc2ccccc2C)c1. The summed E-state index contributed by atoms with van der Waals surface area (Å²) in [4.78, 5) is 25.2. The molecule has 0 spiro atoms. The summed E-state index contributed by atoms with van der Waals surface area (Å²) in [6, 6.07) is 20.2. The van der Waals surface area contributed by atoms with E-state index in [1.54, 1.807) is 24.3 Å². The Bertz CT molecular complexity index is 1310. The van der Waals surface area contributed by atoms with Gasteiger partial charge in [0.05, 0.1) is 0 Å². The zero-order valence-corrected chi connectivity index (χ0v) is 20.7. The number of amides is 2. The van der Waals surface area contributed by atoms with Crippen molar-refractivity contribution in [3.05, 3.63) is 93.0 Å². The van der Waals surface area contributed by atoms with Gasteiger partial charge in [-0.15, -0.1) is 0 Å². The maximum absolute atomic E-state index is 12.7. The van der Waals surface area contributed by atoms with E-state index in [0.717, 1.165) is 26.9 Å². The van der Waals surface area contributed by atoms with Crippen LogP contribution in [0.25, 0.3) is 6.08 Å². The normalized spacial score (nSPS) is 10.9. The maximum atomic E-state index is 12.7. The zero-order valence-electron chi connectivity index (χ0n) is 19.1. The number of hydrogen-bond donors (Lipinski definition) is 2. The molecule has 0 saturated heterocycles. The van der Waals surface area contributed by atoms with E-state index in [-0.39, 0.29) is 18.1 Å². The van der Waals surface area contributed by atoms with Gasteiger partial charge in [0.25, 0.3) is 11.8 Å². The van der Waals surface area contributed by atoms with Crippen molar-refractivity contribution in [2.75, 3.05) is 17.2 Å². The molecule has 0 radical (unpaired) electrons. The molecular formula is C27H24BrN3O3. The number of ether oxygens (including phenoxy) is 1. The van der Waals surface area contributed by atoms with Gasteiger partial charge in [-0.3, -0.25) is 9.59 Å². The number of carbonyl (C=O) groups is 2. The molecule has 7 heteroatoms. The van der Waals surface area contributed by atoms with E-state index in [1.807, 2.05) is 63.2 Å². The lowest BCUT2D eigenvalue weighted by atomic mass is 10.1. The number of rotatable bonds is 7. The molecule has 0 bridgehead atoms. The van der Waals surface area contributed by atoms with Gasteiger partial charge < -0.3 is 15.4 Å². The van der Waals surface area contributed by atoms with Crippen LogP contribution in [0.15, 0.2) is 70.7 Å². The topological polar surface area (TPSA) is 91.2 Å². The second kappa shape index (κ2) is 11.3. The molecule has 0 heterocycles. The largest absolute Gasteiger partial charge is 0.483 e. The molecule has 0 aromatic heterocycles. The van der Waals surface area contributed by atoms with Crippen LogP contribution in [0.5, 0.6) is 5.75 Å². The van der Waals surface area contributed by atoms with Crippen molar-refractivity contribution < 1.29 is 14.3 Å². The number of aryl methyl sites for hydroxylation is 3. The van der Waals surface area contributed by atoms with Crippen molar-refractivity contribution in [2.24, 2.45) is 0 Å². The predicted molar refractivity (Wildman–Crippen MR) is 138 cm³/mol. The first kappa shape index (κ1) is 24.7. The number of nitrogens with zero attached hydrogens (tertiary/aromatic N) is 1. The van der Waals surface area contributed by atoms with Gasteiger partial charge in [0.15, 0.2) is 6.61 Å². The highest BCUT2D eigenvalue weighted by molar-refractivity contribution is 9.10. The first-order valence-corrected chi connectivity index (χ1v) is 11.3. The Morgan fingerprint density at radius 3 is 2.44 bits per heavy atom. The number of benzene rings is 3. The van der Waals surface area contributed by atoms with Crippen molar-refractivity contribution >= 4 is 45.2 Å². The van der Waals surface area contributed by atoms with Gasteiger partial charge >= 0.3 is 0 Å². The molecule has 0 saturated carbocycles. The monoisotopic (exact) mass is 517 g/mol. The van der Waals surface area contributed by atoms with Crippen LogP contribution in [-0.4, -0.2) is 18.4 Å². The second-order valence-electron chi connectivity index (χ2n) is 7.78. The zero-order chi connectivity index (χ0) is 24.7. The number of nitriles is 1. The minimum Gasteiger partial charge on any atom is -0.483 e. The molecule has 3 rings (SSSR count). The smallest absolute Gasteiger partial charge is 0.266 e. The molecule has 2 amide bonds. The molecule has 34 heavy (non-hydrogen) atoms. The van der Waals surface area contributed by atoms with E-state index in [9.17, 15) is 14.9 Å². The molecule has 3 aromatic carbocycles. The quantitative estimate of drug-likeness (QED) is 0.299. The number of nitrogens with one attached hydrogen (secondary N) is 2. The summed E-state index contributed by atoms with van der Waals surface area (Å²) in [5.74, 6) is -0.476. The molecule has 2 N–H and O–H groups in total. The Hall–Kier alpha value is -3.89. The molecular weight excluding hydrogens is 494 g/mol. The molecule has 0 unspecified atom stereocenters. The number of anilines is 2. The van der Waals surface area contributed by atoms with Crippen LogP contribution in [0.3, 0.4) is 0 Å². The first-order chi connectivity index (χ1) is 16.3. The van der Waals surface area contributed by atoms with Crippen LogP contribution in [0.2, 0.25) is 0 Å². The Balaban J connectivity index is 1.77. The highest BCUT2D eigenvalue weighted by Gasteiger charge is 2.14. The summed E-state index contributed by atoms with van der Waals surface area (Å²) in [5, 5.41) is 15.2. The Morgan fingerprint density at radius 2 is 1.71 bits per heavy atom. The summed E-state index contributed by atoms with van der Waals surface area (Å²) in [6.07, 6.45) is 1.44.